The summed E-state index contributed by atoms with van der Waals surface area (Å²) in [6.07, 6.45) is 8.43. The van der Waals surface area contributed by atoms with E-state index in [1.54, 1.807) is 6.26 Å². The molecule has 2 aromatic rings. The number of rotatable bonds is 5. The molecular formula is C28H31ClN4O. The molecule has 4 aliphatic heterocycles. The van der Waals surface area contributed by atoms with Crippen LogP contribution in [0.2, 0.25) is 5.02 Å². The third-order valence-corrected chi connectivity index (χ3v) is 7.56. The number of fused-ring (bicyclic) bond motifs is 2. The molecule has 4 heterocycles. The third kappa shape index (κ3) is 4.30. The number of nitrogens with zero attached hydrogens (tertiary/aromatic N) is 3. The summed E-state index contributed by atoms with van der Waals surface area (Å²) in [4.78, 5) is 8.38. The number of hydrogen-bond acceptors (Lipinski definition) is 3. The SMILES string of the molecule is Clc1c[nH]c2coc3ccccc3n([C@@H]3CCN(CCc4ccc(N5CCCC5)cc4)C3)c-2c1. The van der Waals surface area contributed by atoms with Gasteiger partial charge < -0.3 is 23.8 Å². The van der Waals surface area contributed by atoms with Crippen LogP contribution in [0.5, 0.6) is 0 Å². The average Bonchev–Trinajstić information content (AvgIpc) is 3.54. The Kier molecular flexibility index (Phi) is 5.98. The second-order valence-corrected chi connectivity index (χ2v) is 9.98. The Balaban J connectivity index is 1.21. The molecule has 0 saturated carbocycles. The fourth-order valence-electron chi connectivity index (χ4n) is 5.53. The molecule has 0 amide bonds. The number of aromatic nitrogens is 2. The van der Waals surface area contributed by atoms with Gasteiger partial charge in [-0.25, -0.2) is 0 Å². The molecule has 6 rings (SSSR count). The molecule has 1 N–H and O–H groups in total. The Hall–Kier alpha value is -2.89. The van der Waals surface area contributed by atoms with Crippen LogP contribution in [0.4, 0.5) is 5.69 Å². The minimum atomic E-state index is 0.361. The number of anilines is 1. The van der Waals surface area contributed by atoms with Crippen LogP contribution in [0.15, 0.2) is 71.5 Å². The van der Waals surface area contributed by atoms with E-state index in [1.807, 2.05) is 24.4 Å². The zero-order chi connectivity index (χ0) is 22.9. The van der Waals surface area contributed by atoms with Crippen molar-refractivity contribution in [3.05, 3.63) is 77.6 Å². The van der Waals surface area contributed by atoms with Crippen LogP contribution in [0, 0.1) is 0 Å². The van der Waals surface area contributed by atoms with Crippen LogP contribution in [-0.4, -0.2) is 47.2 Å². The van der Waals surface area contributed by atoms with Crippen molar-refractivity contribution >= 4 is 28.4 Å². The summed E-state index contributed by atoms with van der Waals surface area (Å²) in [6, 6.07) is 19.9. The molecule has 34 heavy (non-hydrogen) atoms. The van der Waals surface area contributed by atoms with Crippen LogP contribution < -0.4 is 4.90 Å². The Labute approximate surface area is 205 Å². The maximum absolute atomic E-state index is 6.40. The molecule has 2 saturated heterocycles. The van der Waals surface area contributed by atoms with Gasteiger partial charge in [0, 0.05) is 50.6 Å². The molecule has 0 aromatic heterocycles. The lowest BCUT2D eigenvalue weighted by molar-refractivity contribution is 0.329. The standard InChI is InChI=1S/C28H31ClN4O/c29-22-17-27-25(30-18-22)20-34-28-6-2-1-5-26(28)33(27)24-12-16-31(19-24)15-11-21-7-9-23(10-8-21)32-13-3-4-14-32/h1-2,5-10,17-18,20,24,30H,3-4,11-16,19H2/t24-/m1/s1. The second-order valence-electron chi connectivity index (χ2n) is 9.54. The Morgan fingerprint density at radius 1 is 1.00 bits per heavy atom. The van der Waals surface area contributed by atoms with Crippen LogP contribution in [0.3, 0.4) is 0 Å². The van der Waals surface area contributed by atoms with Gasteiger partial charge in [-0.1, -0.05) is 35.9 Å². The van der Waals surface area contributed by atoms with E-state index in [9.17, 15) is 0 Å². The Morgan fingerprint density at radius 3 is 2.68 bits per heavy atom. The summed E-state index contributed by atoms with van der Waals surface area (Å²) in [5.41, 5.74) is 6.77. The molecule has 0 bridgehead atoms. The van der Waals surface area contributed by atoms with E-state index < -0.39 is 0 Å². The van der Waals surface area contributed by atoms with E-state index in [0.29, 0.717) is 11.1 Å². The number of hydrogen-bond donors (Lipinski definition) is 1. The molecule has 2 aromatic carbocycles. The van der Waals surface area contributed by atoms with Crippen LogP contribution in [0.25, 0.3) is 22.5 Å². The number of halogens is 1. The minimum absolute atomic E-state index is 0.361. The number of para-hydroxylation sites is 2. The summed E-state index contributed by atoms with van der Waals surface area (Å²) in [5, 5.41) is 0.698. The lowest BCUT2D eigenvalue weighted by Crippen LogP contribution is -2.24. The number of benzene rings is 2. The van der Waals surface area contributed by atoms with Gasteiger partial charge in [-0.3, -0.25) is 0 Å². The highest BCUT2D eigenvalue weighted by molar-refractivity contribution is 6.30. The summed E-state index contributed by atoms with van der Waals surface area (Å²) in [6.45, 7) is 5.59. The van der Waals surface area contributed by atoms with Crippen LogP contribution in [-0.2, 0) is 6.42 Å². The summed E-state index contributed by atoms with van der Waals surface area (Å²) < 4.78 is 8.44. The normalized spacial score (nSPS) is 18.9. The molecule has 2 fully saturated rings. The van der Waals surface area contributed by atoms with Crippen molar-refractivity contribution < 1.29 is 4.42 Å². The maximum atomic E-state index is 6.40. The number of likely N-dealkylation sites (tertiary alicyclic amines) is 1. The minimum Gasteiger partial charge on any atom is -0.461 e. The molecule has 0 radical (unpaired) electrons. The molecule has 5 nitrogen and oxygen atoms in total. The van der Waals surface area contributed by atoms with Crippen molar-refractivity contribution in [1.29, 1.82) is 0 Å². The van der Waals surface area contributed by atoms with Crippen molar-refractivity contribution in [2.75, 3.05) is 37.6 Å². The van der Waals surface area contributed by atoms with Crippen molar-refractivity contribution in [3.8, 4) is 11.4 Å². The van der Waals surface area contributed by atoms with Crippen molar-refractivity contribution in [2.24, 2.45) is 0 Å². The second kappa shape index (κ2) is 9.40. The van der Waals surface area contributed by atoms with Gasteiger partial charge in [0.2, 0.25) is 0 Å². The third-order valence-electron chi connectivity index (χ3n) is 7.34. The smallest absolute Gasteiger partial charge is 0.150 e. The molecule has 0 unspecified atom stereocenters. The first-order valence-electron chi connectivity index (χ1n) is 12.4. The monoisotopic (exact) mass is 474 g/mol. The number of nitrogens with one attached hydrogen (secondary N) is 1. The number of pyridine rings is 1. The first-order valence-corrected chi connectivity index (χ1v) is 12.8. The first kappa shape index (κ1) is 21.6. The Morgan fingerprint density at radius 2 is 1.82 bits per heavy atom. The van der Waals surface area contributed by atoms with Crippen LogP contribution in [0.1, 0.15) is 30.9 Å². The van der Waals surface area contributed by atoms with Gasteiger partial charge in [0.15, 0.2) is 0 Å². The molecule has 1 atom stereocenters. The Bertz CT molecular complexity index is 1280. The van der Waals surface area contributed by atoms with E-state index >= 15 is 0 Å². The highest BCUT2D eigenvalue weighted by atomic mass is 35.5. The van der Waals surface area contributed by atoms with Crippen molar-refractivity contribution in [1.82, 2.24) is 14.5 Å². The summed E-state index contributed by atoms with van der Waals surface area (Å²) >= 11 is 6.40. The largest absolute Gasteiger partial charge is 0.461 e. The first-order chi connectivity index (χ1) is 16.7. The predicted molar refractivity (Wildman–Crippen MR) is 140 cm³/mol. The van der Waals surface area contributed by atoms with Gasteiger partial charge >= 0.3 is 0 Å². The molecule has 0 spiro atoms. The van der Waals surface area contributed by atoms with E-state index in [2.05, 4.69) is 55.7 Å². The van der Waals surface area contributed by atoms with Crippen LogP contribution >= 0.6 is 11.6 Å². The van der Waals surface area contributed by atoms with E-state index in [-0.39, 0.29) is 0 Å². The zero-order valence-electron chi connectivity index (χ0n) is 19.4. The zero-order valence-corrected chi connectivity index (χ0v) is 20.2. The fourth-order valence-corrected chi connectivity index (χ4v) is 5.69. The van der Waals surface area contributed by atoms with Gasteiger partial charge in [0.25, 0.3) is 0 Å². The fraction of sp³-hybridized carbons (Fsp3) is 0.357. The predicted octanol–water partition coefficient (Wildman–Crippen LogP) is 6.53. The van der Waals surface area contributed by atoms with Gasteiger partial charge in [-0.2, -0.15) is 0 Å². The van der Waals surface area contributed by atoms with E-state index in [0.717, 1.165) is 55.0 Å². The lowest BCUT2D eigenvalue weighted by atomic mass is 10.1. The van der Waals surface area contributed by atoms with Gasteiger partial charge in [0.05, 0.1) is 21.9 Å². The highest BCUT2D eigenvalue weighted by Gasteiger charge is 2.26. The number of H-pyrrole nitrogens is 1. The van der Waals surface area contributed by atoms with Crippen molar-refractivity contribution in [2.45, 2.75) is 31.7 Å². The number of aromatic amines is 1. The molecular weight excluding hydrogens is 444 g/mol. The molecule has 6 heteroatoms. The summed E-state index contributed by atoms with van der Waals surface area (Å²) in [5.74, 6) is 0. The molecule has 176 valence electrons. The lowest BCUT2D eigenvalue weighted by Gasteiger charge is -2.22. The quantitative estimate of drug-likeness (QED) is 0.357. The average molecular weight is 475 g/mol. The van der Waals surface area contributed by atoms with Crippen molar-refractivity contribution in [3.63, 3.8) is 0 Å². The van der Waals surface area contributed by atoms with Gasteiger partial charge in [0.1, 0.15) is 11.8 Å². The van der Waals surface area contributed by atoms with Gasteiger partial charge in [-0.05, 0) is 61.6 Å². The highest BCUT2D eigenvalue weighted by Crippen LogP contribution is 2.33. The molecule has 4 aliphatic rings. The van der Waals surface area contributed by atoms with Gasteiger partial charge in [-0.15, -0.1) is 0 Å². The van der Waals surface area contributed by atoms with E-state index in [4.69, 9.17) is 16.0 Å². The topological polar surface area (TPSA) is 40.3 Å². The molecule has 0 aliphatic carbocycles. The maximum Gasteiger partial charge on any atom is 0.150 e. The van der Waals surface area contributed by atoms with E-state index in [1.165, 1.54) is 37.2 Å². The summed E-state index contributed by atoms with van der Waals surface area (Å²) in [7, 11) is 0.